The molecule has 1 aliphatic heterocycles. The minimum atomic E-state index is -3.25. The highest BCUT2D eigenvalue weighted by Crippen LogP contribution is 2.54. The number of hydroxylamine groups is 1. The molecule has 2 fully saturated rings. The van der Waals surface area contributed by atoms with Crippen LogP contribution in [0.25, 0.3) is 0 Å². The number of aliphatic hydroxyl groups excluding tert-OH is 1. The third kappa shape index (κ3) is 4.82. The Bertz CT molecular complexity index is 1040. The summed E-state index contributed by atoms with van der Waals surface area (Å²) in [6.07, 6.45) is 1.92. The van der Waals surface area contributed by atoms with Gasteiger partial charge in [0.2, 0.25) is 0 Å². The van der Waals surface area contributed by atoms with Gasteiger partial charge in [-0.2, -0.15) is 0 Å². The normalized spacial score (nSPS) is 19.0. The quantitative estimate of drug-likeness (QED) is 0.282. The largest absolute Gasteiger partial charge is 0.395 e. The fourth-order valence-corrected chi connectivity index (χ4v) is 6.15. The molecule has 158 valence electrons. The number of aliphatic hydroxyl groups is 1. The highest BCUT2D eigenvalue weighted by molar-refractivity contribution is 7.92. The molecular weight excluding hydrogens is 408 g/mol. The number of carbonyl (C=O) groups is 2. The average Bonchev–Trinajstić information content (AvgIpc) is 3.55. The van der Waals surface area contributed by atoms with Crippen molar-refractivity contribution < 1.29 is 28.3 Å². The first-order valence-electron chi connectivity index (χ1n) is 9.46. The van der Waals surface area contributed by atoms with Crippen molar-refractivity contribution in [3.8, 4) is 23.7 Å². The smallest absolute Gasteiger partial charge is 0.266 e. The zero-order valence-corrected chi connectivity index (χ0v) is 17.0. The first-order chi connectivity index (χ1) is 14.3. The van der Waals surface area contributed by atoms with Crippen LogP contribution in [0.3, 0.4) is 0 Å². The Morgan fingerprint density at radius 3 is 2.37 bits per heavy atom. The molecule has 1 atom stereocenters. The highest BCUT2D eigenvalue weighted by Gasteiger charge is 2.63. The SMILES string of the molecule is O=C(NC(C(=O)NO)C1(C2CC2)CS(=O)(=O)C1)c1ccc(C#CC#CCCO)cc1. The monoisotopic (exact) mass is 430 g/mol. The molecule has 0 radical (unpaired) electrons. The Morgan fingerprint density at radius 1 is 1.17 bits per heavy atom. The van der Waals surface area contributed by atoms with Crippen LogP contribution in [-0.2, 0) is 14.6 Å². The number of hydrogen-bond donors (Lipinski definition) is 4. The number of benzene rings is 1. The van der Waals surface area contributed by atoms with Crippen LogP contribution in [0.4, 0.5) is 0 Å². The van der Waals surface area contributed by atoms with Gasteiger partial charge in [0.25, 0.3) is 11.8 Å². The second-order valence-electron chi connectivity index (χ2n) is 7.52. The molecule has 9 heteroatoms. The minimum absolute atomic E-state index is 0.0215. The summed E-state index contributed by atoms with van der Waals surface area (Å²) >= 11 is 0. The zero-order chi connectivity index (χ0) is 21.8. The molecule has 2 amide bonds. The van der Waals surface area contributed by atoms with Crippen LogP contribution in [0.5, 0.6) is 0 Å². The molecule has 0 aromatic heterocycles. The van der Waals surface area contributed by atoms with Crippen molar-refractivity contribution in [3.63, 3.8) is 0 Å². The number of carbonyl (C=O) groups excluding carboxylic acids is 2. The molecule has 8 nitrogen and oxygen atoms in total. The Kier molecular flexibility index (Phi) is 6.47. The lowest BCUT2D eigenvalue weighted by atomic mass is 9.77. The van der Waals surface area contributed by atoms with E-state index in [1.807, 2.05) is 0 Å². The van der Waals surface area contributed by atoms with Gasteiger partial charge in [0, 0.05) is 23.0 Å². The molecule has 1 saturated heterocycles. The first kappa shape index (κ1) is 21.8. The van der Waals surface area contributed by atoms with E-state index in [1.165, 1.54) is 12.1 Å². The van der Waals surface area contributed by atoms with Gasteiger partial charge in [0.1, 0.15) is 6.04 Å². The third-order valence-corrected chi connectivity index (χ3v) is 7.29. The number of amides is 2. The Balaban J connectivity index is 1.74. The Hall–Kier alpha value is -2.85. The van der Waals surface area contributed by atoms with Gasteiger partial charge < -0.3 is 10.4 Å². The lowest BCUT2D eigenvalue weighted by molar-refractivity contribution is -0.134. The van der Waals surface area contributed by atoms with Gasteiger partial charge in [0.15, 0.2) is 9.84 Å². The molecule has 1 unspecified atom stereocenters. The van der Waals surface area contributed by atoms with Gasteiger partial charge in [0.05, 0.1) is 18.1 Å². The van der Waals surface area contributed by atoms with Crippen molar-refractivity contribution in [2.45, 2.75) is 25.3 Å². The van der Waals surface area contributed by atoms with Gasteiger partial charge >= 0.3 is 0 Å². The van der Waals surface area contributed by atoms with E-state index in [9.17, 15) is 18.0 Å². The lowest BCUT2D eigenvalue weighted by Crippen LogP contribution is -2.66. The van der Waals surface area contributed by atoms with Gasteiger partial charge in [-0.1, -0.05) is 11.8 Å². The number of nitrogens with one attached hydrogen (secondary N) is 2. The molecule has 4 N–H and O–H groups in total. The summed E-state index contributed by atoms with van der Waals surface area (Å²) in [7, 11) is -3.25. The third-order valence-electron chi connectivity index (χ3n) is 5.33. The number of sulfone groups is 1. The van der Waals surface area contributed by atoms with Crippen molar-refractivity contribution in [3.05, 3.63) is 35.4 Å². The average molecular weight is 430 g/mol. The molecule has 2 aliphatic rings. The summed E-state index contributed by atoms with van der Waals surface area (Å²) < 4.78 is 23.7. The molecular formula is C21H22N2O6S. The summed E-state index contributed by atoms with van der Waals surface area (Å²) in [6, 6.07) is 5.18. The van der Waals surface area contributed by atoms with Gasteiger partial charge in [-0.25, -0.2) is 13.9 Å². The molecule has 1 aliphatic carbocycles. The van der Waals surface area contributed by atoms with Gasteiger partial charge in [-0.3, -0.25) is 14.8 Å². The highest BCUT2D eigenvalue weighted by atomic mass is 32.2. The standard InChI is InChI=1S/C21H22N2O6S/c24-12-4-2-1-3-5-15-6-8-16(9-7-15)19(25)22-18(20(26)23-27)21(17-10-11-17)13-30(28,29)14-21/h6-9,17-18,24,27H,4,10-14H2,(H,22,25)(H,23,26). The summed E-state index contributed by atoms with van der Waals surface area (Å²) in [5, 5.41) is 20.4. The van der Waals surface area contributed by atoms with E-state index in [0.29, 0.717) is 12.0 Å². The molecule has 0 spiro atoms. The molecule has 1 heterocycles. The van der Waals surface area contributed by atoms with E-state index in [4.69, 9.17) is 10.3 Å². The van der Waals surface area contributed by atoms with Crippen molar-refractivity contribution in [1.82, 2.24) is 10.8 Å². The van der Waals surface area contributed by atoms with E-state index in [-0.39, 0.29) is 29.6 Å². The van der Waals surface area contributed by atoms with Crippen molar-refractivity contribution in [1.29, 1.82) is 0 Å². The fourth-order valence-electron chi connectivity index (χ4n) is 3.79. The predicted octanol–water partition coefficient (Wildman–Crippen LogP) is -0.147. The maximum Gasteiger partial charge on any atom is 0.266 e. The van der Waals surface area contributed by atoms with Crippen molar-refractivity contribution in [2.75, 3.05) is 18.1 Å². The van der Waals surface area contributed by atoms with Gasteiger partial charge in [-0.05, 0) is 54.9 Å². The lowest BCUT2D eigenvalue weighted by Gasteiger charge is -2.46. The summed E-state index contributed by atoms with van der Waals surface area (Å²) in [5.74, 6) is 9.01. The van der Waals surface area contributed by atoms with Crippen LogP contribution in [0, 0.1) is 35.0 Å². The van der Waals surface area contributed by atoms with Crippen LogP contribution in [0.1, 0.15) is 35.2 Å². The topological polar surface area (TPSA) is 133 Å². The summed E-state index contributed by atoms with van der Waals surface area (Å²) in [6.45, 7) is -0.0260. The van der Waals surface area contributed by atoms with Gasteiger partial charge in [-0.15, -0.1) is 0 Å². The van der Waals surface area contributed by atoms with Crippen molar-refractivity contribution in [2.24, 2.45) is 11.3 Å². The molecule has 30 heavy (non-hydrogen) atoms. The fraction of sp³-hybridized carbons (Fsp3) is 0.429. The van der Waals surface area contributed by atoms with Crippen LogP contribution in [-0.4, -0.2) is 54.7 Å². The number of hydrogen-bond acceptors (Lipinski definition) is 6. The van der Waals surface area contributed by atoms with Crippen LogP contribution in [0.2, 0.25) is 0 Å². The predicted molar refractivity (Wildman–Crippen MR) is 108 cm³/mol. The second kappa shape index (κ2) is 8.88. The van der Waals surface area contributed by atoms with E-state index in [1.54, 1.807) is 17.6 Å². The van der Waals surface area contributed by atoms with E-state index < -0.39 is 33.1 Å². The maximum absolute atomic E-state index is 12.7. The van der Waals surface area contributed by atoms with Crippen LogP contribution in [0.15, 0.2) is 24.3 Å². The first-order valence-corrected chi connectivity index (χ1v) is 11.3. The maximum atomic E-state index is 12.7. The molecule has 3 rings (SSSR count). The zero-order valence-electron chi connectivity index (χ0n) is 16.1. The Morgan fingerprint density at radius 2 is 1.83 bits per heavy atom. The number of rotatable bonds is 6. The summed E-state index contributed by atoms with van der Waals surface area (Å²) in [4.78, 5) is 25.0. The second-order valence-corrected chi connectivity index (χ2v) is 9.59. The van der Waals surface area contributed by atoms with E-state index >= 15 is 0 Å². The molecule has 1 saturated carbocycles. The Labute approximate surface area is 174 Å². The van der Waals surface area contributed by atoms with Crippen LogP contribution < -0.4 is 10.8 Å². The molecule has 0 bridgehead atoms. The van der Waals surface area contributed by atoms with E-state index in [2.05, 4.69) is 29.0 Å². The molecule has 1 aromatic rings. The van der Waals surface area contributed by atoms with Crippen molar-refractivity contribution >= 4 is 21.7 Å². The van der Waals surface area contributed by atoms with E-state index in [0.717, 1.165) is 12.8 Å². The summed E-state index contributed by atoms with van der Waals surface area (Å²) in [5.41, 5.74) is 1.58. The van der Waals surface area contributed by atoms with Crippen LogP contribution >= 0.6 is 0 Å². The molecule has 1 aromatic carbocycles. The minimum Gasteiger partial charge on any atom is -0.395 e.